The van der Waals surface area contributed by atoms with Gasteiger partial charge >= 0.3 is 0 Å². The SMILES string of the molecule is CC(C)CC(=O)N=Nc1c(O)n(Cc2ccccc2Cl)c2ccccc12. The molecule has 0 spiro atoms. The minimum atomic E-state index is -0.303. The largest absolute Gasteiger partial charge is 0.493 e. The van der Waals surface area contributed by atoms with Crippen LogP contribution < -0.4 is 0 Å². The highest BCUT2D eigenvalue weighted by Crippen LogP contribution is 2.39. The van der Waals surface area contributed by atoms with E-state index in [9.17, 15) is 9.90 Å². The summed E-state index contributed by atoms with van der Waals surface area (Å²) in [6.45, 7) is 4.28. The number of benzene rings is 2. The molecule has 0 aliphatic heterocycles. The maximum atomic E-state index is 11.9. The summed E-state index contributed by atoms with van der Waals surface area (Å²) in [5.41, 5.74) is 1.98. The minimum Gasteiger partial charge on any atom is -0.493 e. The molecule has 0 saturated carbocycles. The summed E-state index contributed by atoms with van der Waals surface area (Å²) in [5, 5.41) is 19.9. The van der Waals surface area contributed by atoms with Crippen molar-refractivity contribution in [1.82, 2.24) is 4.57 Å². The first-order valence-electron chi connectivity index (χ1n) is 8.45. The summed E-state index contributed by atoms with van der Waals surface area (Å²) in [5.74, 6) is -0.133. The maximum Gasteiger partial charge on any atom is 0.265 e. The summed E-state index contributed by atoms with van der Waals surface area (Å²) >= 11 is 6.25. The summed E-state index contributed by atoms with van der Waals surface area (Å²) in [7, 11) is 0. The molecule has 0 bridgehead atoms. The third-order valence-electron chi connectivity index (χ3n) is 4.05. The van der Waals surface area contributed by atoms with Crippen LogP contribution in [0, 0.1) is 5.92 Å². The average molecular weight is 370 g/mol. The molecule has 6 heteroatoms. The van der Waals surface area contributed by atoms with Gasteiger partial charge in [0.25, 0.3) is 5.91 Å². The fourth-order valence-electron chi connectivity index (χ4n) is 2.82. The van der Waals surface area contributed by atoms with E-state index in [1.54, 1.807) is 4.57 Å². The molecule has 134 valence electrons. The van der Waals surface area contributed by atoms with Gasteiger partial charge in [0.05, 0.1) is 12.1 Å². The van der Waals surface area contributed by atoms with Crippen LogP contribution in [-0.4, -0.2) is 15.6 Å². The second-order valence-electron chi connectivity index (χ2n) is 6.56. The van der Waals surface area contributed by atoms with Crippen LogP contribution >= 0.6 is 11.6 Å². The van der Waals surface area contributed by atoms with Crippen molar-refractivity contribution in [3.05, 3.63) is 59.1 Å². The third-order valence-corrected chi connectivity index (χ3v) is 4.42. The quantitative estimate of drug-likeness (QED) is 0.585. The first-order chi connectivity index (χ1) is 12.5. The lowest BCUT2D eigenvalue weighted by Crippen LogP contribution is -1.99. The van der Waals surface area contributed by atoms with Gasteiger partial charge in [0.15, 0.2) is 5.69 Å². The Balaban J connectivity index is 2.03. The molecular formula is C20H20ClN3O2. The van der Waals surface area contributed by atoms with Gasteiger partial charge in [-0.2, -0.15) is 0 Å². The Morgan fingerprint density at radius 3 is 2.58 bits per heavy atom. The van der Waals surface area contributed by atoms with Crippen LogP contribution in [0.5, 0.6) is 5.88 Å². The van der Waals surface area contributed by atoms with Gasteiger partial charge in [-0.05, 0) is 23.6 Å². The molecule has 2 aromatic carbocycles. The molecule has 1 aromatic heterocycles. The molecular weight excluding hydrogens is 350 g/mol. The molecule has 0 atom stereocenters. The van der Waals surface area contributed by atoms with Crippen LogP contribution in [0.25, 0.3) is 10.9 Å². The topological polar surface area (TPSA) is 66.9 Å². The molecule has 0 aliphatic rings. The Bertz CT molecular complexity index is 976. The molecule has 0 saturated heterocycles. The second kappa shape index (κ2) is 7.70. The average Bonchev–Trinajstić information content (AvgIpc) is 2.86. The number of azo groups is 1. The highest BCUT2D eigenvalue weighted by Gasteiger charge is 2.17. The maximum absolute atomic E-state index is 11.9. The van der Waals surface area contributed by atoms with Crippen molar-refractivity contribution in [2.45, 2.75) is 26.8 Å². The monoisotopic (exact) mass is 369 g/mol. The number of aromatic hydroxyl groups is 1. The highest BCUT2D eigenvalue weighted by molar-refractivity contribution is 6.31. The molecule has 1 N–H and O–H groups in total. The number of carbonyl (C=O) groups is 1. The molecule has 3 aromatic rings. The number of carbonyl (C=O) groups excluding carboxylic acids is 1. The van der Waals surface area contributed by atoms with E-state index in [1.807, 2.05) is 62.4 Å². The minimum absolute atomic E-state index is 0.0350. The molecule has 0 fully saturated rings. The van der Waals surface area contributed by atoms with Crippen molar-refractivity contribution in [1.29, 1.82) is 0 Å². The Morgan fingerprint density at radius 2 is 1.85 bits per heavy atom. The van der Waals surface area contributed by atoms with Gasteiger partial charge in [0, 0.05) is 16.8 Å². The van der Waals surface area contributed by atoms with Crippen LogP contribution in [-0.2, 0) is 11.3 Å². The summed E-state index contributed by atoms with van der Waals surface area (Å²) in [6, 6.07) is 15.0. The zero-order chi connectivity index (χ0) is 18.7. The van der Waals surface area contributed by atoms with E-state index >= 15 is 0 Å². The number of nitrogens with zero attached hydrogens (tertiary/aromatic N) is 3. The molecule has 26 heavy (non-hydrogen) atoms. The molecule has 0 unspecified atom stereocenters. The van der Waals surface area contributed by atoms with Gasteiger partial charge in [0.2, 0.25) is 5.88 Å². The molecule has 0 radical (unpaired) electrons. The third kappa shape index (κ3) is 3.78. The van der Waals surface area contributed by atoms with Gasteiger partial charge in [0.1, 0.15) is 0 Å². The number of fused-ring (bicyclic) bond motifs is 1. The Labute approximate surface area is 156 Å². The van der Waals surface area contributed by atoms with Crippen molar-refractivity contribution in [3.8, 4) is 5.88 Å². The van der Waals surface area contributed by atoms with E-state index in [1.165, 1.54) is 0 Å². The van der Waals surface area contributed by atoms with Gasteiger partial charge < -0.3 is 9.67 Å². The number of hydrogen-bond acceptors (Lipinski definition) is 3. The van der Waals surface area contributed by atoms with E-state index in [4.69, 9.17) is 11.6 Å². The summed E-state index contributed by atoms with van der Waals surface area (Å²) in [6.07, 6.45) is 0.322. The van der Waals surface area contributed by atoms with E-state index in [0.29, 0.717) is 23.7 Å². The lowest BCUT2D eigenvalue weighted by molar-refractivity contribution is -0.118. The molecule has 1 heterocycles. The van der Waals surface area contributed by atoms with Crippen LogP contribution in [0.4, 0.5) is 5.69 Å². The molecule has 5 nitrogen and oxygen atoms in total. The number of aromatic nitrogens is 1. The molecule has 0 aliphatic carbocycles. The lowest BCUT2D eigenvalue weighted by Gasteiger charge is -2.08. The van der Waals surface area contributed by atoms with Gasteiger partial charge in [-0.25, -0.2) is 0 Å². The molecule has 1 amide bonds. The van der Waals surface area contributed by atoms with Gasteiger partial charge in [-0.15, -0.1) is 10.2 Å². The predicted molar refractivity (Wildman–Crippen MR) is 103 cm³/mol. The zero-order valence-electron chi connectivity index (χ0n) is 14.7. The lowest BCUT2D eigenvalue weighted by atomic mass is 10.1. The fraction of sp³-hybridized carbons (Fsp3) is 0.250. The van der Waals surface area contributed by atoms with E-state index < -0.39 is 0 Å². The summed E-state index contributed by atoms with van der Waals surface area (Å²) in [4.78, 5) is 11.9. The van der Waals surface area contributed by atoms with Crippen LogP contribution in [0.15, 0.2) is 58.8 Å². The second-order valence-corrected chi connectivity index (χ2v) is 6.97. The van der Waals surface area contributed by atoms with E-state index in [-0.39, 0.29) is 17.7 Å². The Hall–Kier alpha value is -2.66. The van der Waals surface area contributed by atoms with Crippen molar-refractivity contribution >= 4 is 34.1 Å². The van der Waals surface area contributed by atoms with E-state index in [2.05, 4.69) is 10.2 Å². The smallest absolute Gasteiger partial charge is 0.265 e. The van der Waals surface area contributed by atoms with Crippen LogP contribution in [0.3, 0.4) is 0 Å². The summed E-state index contributed by atoms with van der Waals surface area (Å²) < 4.78 is 1.72. The first-order valence-corrected chi connectivity index (χ1v) is 8.83. The van der Waals surface area contributed by atoms with Crippen LogP contribution in [0.1, 0.15) is 25.8 Å². The van der Waals surface area contributed by atoms with Crippen molar-refractivity contribution in [2.75, 3.05) is 0 Å². The van der Waals surface area contributed by atoms with Gasteiger partial charge in [-0.1, -0.05) is 61.8 Å². The van der Waals surface area contributed by atoms with Gasteiger partial charge in [-0.3, -0.25) is 4.79 Å². The Morgan fingerprint density at radius 1 is 1.15 bits per heavy atom. The number of para-hydroxylation sites is 1. The van der Waals surface area contributed by atoms with Crippen molar-refractivity contribution in [2.24, 2.45) is 16.1 Å². The van der Waals surface area contributed by atoms with E-state index in [0.717, 1.165) is 16.5 Å². The highest BCUT2D eigenvalue weighted by atomic mass is 35.5. The number of rotatable bonds is 5. The zero-order valence-corrected chi connectivity index (χ0v) is 15.4. The van der Waals surface area contributed by atoms with Crippen molar-refractivity contribution in [3.63, 3.8) is 0 Å². The van der Waals surface area contributed by atoms with Crippen molar-refractivity contribution < 1.29 is 9.90 Å². The Kier molecular flexibility index (Phi) is 5.38. The standard InChI is InChI=1S/C20H20ClN3O2/c1-13(2)11-18(25)22-23-19-15-8-4-6-10-17(15)24(20(19)26)12-14-7-3-5-9-16(14)21/h3-10,13,26H,11-12H2,1-2H3. The predicted octanol–water partition coefficient (Wildman–Crippen LogP) is 5.71. The normalized spacial score (nSPS) is 11.7. The number of halogens is 1. The number of hydrogen-bond donors (Lipinski definition) is 1. The molecule has 3 rings (SSSR count). The number of amides is 1. The van der Waals surface area contributed by atoms with Crippen LogP contribution in [0.2, 0.25) is 5.02 Å². The fourth-order valence-corrected chi connectivity index (χ4v) is 3.02. The first kappa shape index (κ1) is 18.1.